The van der Waals surface area contributed by atoms with Gasteiger partial charge in [-0.3, -0.25) is 9.69 Å². The Balaban J connectivity index is 1.50. The molecule has 3 amide bonds. The van der Waals surface area contributed by atoms with Gasteiger partial charge in [-0.2, -0.15) is 0 Å². The number of urea groups is 1. The third-order valence-electron chi connectivity index (χ3n) is 5.95. The van der Waals surface area contributed by atoms with Crippen LogP contribution in [0.5, 0.6) is 5.75 Å². The van der Waals surface area contributed by atoms with Crippen LogP contribution in [0.25, 0.3) is 0 Å². The van der Waals surface area contributed by atoms with Gasteiger partial charge in [0, 0.05) is 56.9 Å². The Morgan fingerprint density at radius 3 is 2.57 bits per heavy atom. The molecule has 2 saturated heterocycles. The van der Waals surface area contributed by atoms with Gasteiger partial charge in [-0.05, 0) is 31.0 Å². The van der Waals surface area contributed by atoms with Crippen molar-refractivity contribution in [1.29, 1.82) is 0 Å². The van der Waals surface area contributed by atoms with E-state index in [0.29, 0.717) is 23.9 Å². The minimum atomic E-state index is -0.0118. The van der Waals surface area contributed by atoms with Gasteiger partial charge in [-0.1, -0.05) is 24.6 Å². The first-order chi connectivity index (χ1) is 13.5. The Hall–Kier alpha value is -1.99. The molecule has 0 aromatic heterocycles. The summed E-state index contributed by atoms with van der Waals surface area (Å²) in [7, 11) is 1.67. The first-order valence-corrected chi connectivity index (χ1v) is 10.2. The number of hydrogen-bond acceptors (Lipinski definition) is 4. The molecule has 7 nitrogen and oxygen atoms in total. The minimum absolute atomic E-state index is 0.0106. The number of hydrogen-bond donors (Lipinski definition) is 1. The number of likely N-dealkylation sites (tertiary alicyclic amines) is 1. The molecular weight excluding hydrogens is 380 g/mol. The van der Waals surface area contributed by atoms with Crippen molar-refractivity contribution < 1.29 is 14.3 Å². The van der Waals surface area contributed by atoms with Crippen LogP contribution in [0, 0.1) is 0 Å². The summed E-state index contributed by atoms with van der Waals surface area (Å²) in [6.07, 6.45) is 1.97. The van der Waals surface area contributed by atoms with Crippen LogP contribution >= 0.6 is 11.6 Å². The number of amides is 3. The molecule has 154 valence electrons. The number of ether oxygens (including phenoxy) is 1. The highest BCUT2D eigenvalue weighted by atomic mass is 35.5. The van der Waals surface area contributed by atoms with Crippen LogP contribution in [0.2, 0.25) is 5.02 Å². The topological polar surface area (TPSA) is 65.1 Å². The van der Waals surface area contributed by atoms with E-state index in [4.69, 9.17) is 16.3 Å². The van der Waals surface area contributed by atoms with Gasteiger partial charge < -0.3 is 19.9 Å². The van der Waals surface area contributed by atoms with E-state index in [1.54, 1.807) is 31.3 Å². The van der Waals surface area contributed by atoms with E-state index in [2.05, 4.69) is 17.1 Å². The molecular formula is C20H29ClN4O3. The molecule has 0 spiro atoms. The predicted octanol–water partition coefficient (Wildman–Crippen LogP) is 2.06. The van der Waals surface area contributed by atoms with E-state index >= 15 is 0 Å². The van der Waals surface area contributed by atoms with Crippen molar-refractivity contribution in [3.05, 3.63) is 29.3 Å². The van der Waals surface area contributed by atoms with Crippen LogP contribution in [0.15, 0.2) is 24.3 Å². The van der Waals surface area contributed by atoms with Crippen molar-refractivity contribution >= 4 is 23.5 Å². The van der Waals surface area contributed by atoms with Crippen LogP contribution in [-0.2, 0) is 4.79 Å². The maximum atomic E-state index is 12.5. The summed E-state index contributed by atoms with van der Waals surface area (Å²) in [6, 6.07) is 7.06. The number of carbonyl (C=O) groups is 2. The Kier molecular flexibility index (Phi) is 6.67. The van der Waals surface area contributed by atoms with Gasteiger partial charge in [-0.25, -0.2) is 4.79 Å². The predicted molar refractivity (Wildman–Crippen MR) is 109 cm³/mol. The molecule has 0 saturated carbocycles. The van der Waals surface area contributed by atoms with Gasteiger partial charge in [0.25, 0.3) is 5.91 Å². The zero-order valence-corrected chi connectivity index (χ0v) is 17.4. The molecule has 1 N–H and O–H groups in total. The van der Waals surface area contributed by atoms with Gasteiger partial charge in [0.1, 0.15) is 5.75 Å². The van der Waals surface area contributed by atoms with Gasteiger partial charge >= 0.3 is 6.03 Å². The fourth-order valence-electron chi connectivity index (χ4n) is 4.18. The van der Waals surface area contributed by atoms with Gasteiger partial charge in [0.2, 0.25) is 0 Å². The fourth-order valence-corrected chi connectivity index (χ4v) is 4.36. The molecule has 0 aliphatic carbocycles. The smallest absolute Gasteiger partial charge is 0.317 e. The van der Waals surface area contributed by atoms with Crippen molar-refractivity contribution in [2.45, 2.75) is 25.3 Å². The van der Waals surface area contributed by atoms with Crippen LogP contribution in [0.4, 0.5) is 4.79 Å². The summed E-state index contributed by atoms with van der Waals surface area (Å²) in [6.45, 7) is 6.72. The standard InChI is InChI=1S/C20H29ClN4O3/c1-3-20(7-8-24(15-20)19(27)22-2)25-11-9-23(10-12-25)18(26)14-28-17-6-4-5-16(21)13-17/h4-6,13H,3,7-12,14-15H2,1-2H3,(H,22,27). The Bertz CT molecular complexity index is 708. The van der Waals surface area contributed by atoms with Gasteiger partial charge in [-0.15, -0.1) is 0 Å². The Morgan fingerprint density at radius 1 is 1.18 bits per heavy atom. The molecule has 28 heavy (non-hydrogen) atoms. The Morgan fingerprint density at radius 2 is 1.93 bits per heavy atom. The number of halogens is 1. The summed E-state index contributed by atoms with van der Waals surface area (Å²) in [5.41, 5.74) is 0.0128. The number of carbonyl (C=O) groups excluding carboxylic acids is 2. The lowest BCUT2D eigenvalue weighted by atomic mass is 9.92. The fraction of sp³-hybridized carbons (Fsp3) is 0.600. The third kappa shape index (κ3) is 4.52. The molecule has 3 rings (SSSR count). The van der Waals surface area contributed by atoms with Crippen molar-refractivity contribution in [2.24, 2.45) is 0 Å². The number of nitrogens with one attached hydrogen (secondary N) is 1. The summed E-state index contributed by atoms with van der Waals surface area (Å²) in [5.74, 6) is 0.591. The van der Waals surface area contributed by atoms with Crippen molar-refractivity contribution in [3.63, 3.8) is 0 Å². The maximum absolute atomic E-state index is 12.5. The van der Waals surface area contributed by atoms with Crippen LogP contribution < -0.4 is 10.1 Å². The summed E-state index contributed by atoms with van der Waals surface area (Å²) in [5, 5.41) is 3.31. The van der Waals surface area contributed by atoms with Crippen LogP contribution in [-0.4, -0.2) is 85.1 Å². The van der Waals surface area contributed by atoms with E-state index in [9.17, 15) is 9.59 Å². The van der Waals surface area contributed by atoms with Crippen LogP contribution in [0.1, 0.15) is 19.8 Å². The van der Waals surface area contributed by atoms with E-state index in [1.165, 1.54) is 0 Å². The first kappa shape index (κ1) is 20.7. The highest BCUT2D eigenvalue weighted by molar-refractivity contribution is 6.30. The molecule has 0 radical (unpaired) electrons. The second-order valence-corrected chi connectivity index (χ2v) is 7.85. The molecule has 2 aliphatic rings. The van der Waals surface area contributed by atoms with Crippen molar-refractivity contribution in [1.82, 2.24) is 20.0 Å². The van der Waals surface area contributed by atoms with Gasteiger partial charge in [0.15, 0.2) is 6.61 Å². The third-order valence-corrected chi connectivity index (χ3v) is 6.19. The molecule has 8 heteroatoms. The minimum Gasteiger partial charge on any atom is -0.484 e. The monoisotopic (exact) mass is 408 g/mol. The number of nitrogens with zero attached hydrogens (tertiary/aromatic N) is 3. The highest BCUT2D eigenvalue weighted by Gasteiger charge is 2.44. The van der Waals surface area contributed by atoms with Crippen molar-refractivity contribution in [3.8, 4) is 5.75 Å². The number of rotatable bonds is 5. The molecule has 2 fully saturated rings. The van der Waals surface area contributed by atoms with E-state index in [-0.39, 0.29) is 24.1 Å². The lowest BCUT2D eigenvalue weighted by molar-refractivity contribution is -0.136. The summed E-state index contributed by atoms with van der Waals surface area (Å²) in [4.78, 5) is 30.7. The molecule has 1 atom stereocenters. The second-order valence-electron chi connectivity index (χ2n) is 7.42. The molecule has 2 heterocycles. The normalized spacial score (nSPS) is 23.0. The Labute approximate surface area is 171 Å². The second kappa shape index (κ2) is 9.01. The van der Waals surface area contributed by atoms with E-state index in [0.717, 1.165) is 39.0 Å². The quantitative estimate of drug-likeness (QED) is 0.809. The first-order valence-electron chi connectivity index (χ1n) is 9.85. The molecule has 2 aliphatic heterocycles. The summed E-state index contributed by atoms with van der Waals surface area (Å²) < 4.78 is 5.58. The highest BCUT2D eigenvalue weighted by Crippen LogP contribution is 2.32. The largest absolute Gasteiger partial charge is 0.484 e. The summed E-state index contributed by atoms with van der Waals surface area (Å²) >= 11 is 5.94. The molecule has 0 bridgehead atoms. The zero-order valence-electron chi connectivity index (χ0n) is 16.6. The number of benzene rings is 1. The maximum Gasteiger partial charge on any atom is 0.317 e. The number of piperazine rings is 1. The van der Waals surface area contributed by atoms with Crippen molar-refractivity contribution in [2.75, 3.05) is 52.9 Å². The molecule has 1 unspecified atom stereocenters. The lowest BCUT2D eigenvalue weighted by Crippen LogP contribution is -2.59. The average molecular weight is 409 g/mol. The zero-order chi connectivity index (χ0) is 20.1. The molecule has 1 aromatic rings. The van der Waals surface area contributed by atoms with E-state index in [1.807, 2.05) is 9.80 Å². The average Bonchev–Trinajstić information content (AvgIpc) is 3.17. The lowest BCUT2D eigenvalue weighted by Gasteiger charge is -2.45. The molecule has 1 aromatic carbocycles. The van der Waals surface area contributed by atoms with Gasteiger partial charge in [0.05, 0.1) is 0 Å². The van der Waals surface area contributed by atoms with Crippen LogP contribution in [0.3, 0.4) is 0 Å². The SMILES string of the molecule is CCC1(N2CCN(C(=O)COc3cccc(Cl)c3)CC2)CCN(C(=O)NC)C1. The van der Waals surface area contributed by atoms with E-state index < -0.39 is 0 Å².